The molecule has 8 nitrogen and oxygen atoms in total. The maximum atomic E-state index is 13.3. The fourth-order valence-electron chi connectivity index (χ4n) is 3.47. The molecular weight excluding hydrogens is 398 g/mol. The van der Waals surface area contributed by atoms with Crippen molar-refractivity contribution in [3.05, 3.63) is 75.5 Å². The summed E-state index contributed by atoms with van der Waals surface area (Å²) in [6.45, 7) is 1.27. The fourth-order valence-corrected chi connectivity index (χ4v) is 3.47. The lowest BCUT2D eigenvalue weighted by molar-refractivity contribution is -0.384. The van der Waals surface area contributed by atoms with Crippen molar-refractivity contribution in [2.24, 2.45) is 0 Å². The average Bonchev–Trinajstić information content (AvgIpc) is 3.08. The first-order chi connectivity index (χ1) is 15.0. The van der Waals surface area contributed by atoms with Crippen LogP contribution in [0.3, 0.4) is 0 Å². The number of hydrogen-bond donors (Lipinski definition) is 1. The lowest BCUT2D eigenvalue weighted by atomic mass is 10.1. The molecule has 1 aliphatic rings. The molecule has 2 aromatic carbocycles. The van der Waals surface area contributed by atoms with E-state index in [1.807, 2.05) is 12.1 Å². The van der Waals surface area contributed by atoms with Gasteiger partial charge in [-0.1, -0.05) is 31.0 Å². The van der Waals surface area contributed by atoms with E-state index in [1.54, 1.807) is 30.2 Å². The second-order valence-corrected chi connectivity index (χ2v) is 7.26. The molecule has 0 aliphatic carbocycles. The van der Waals surface area contributed by atoms with Gasteiger partial charge in [0.05, 0.1) is 12.0 Å². The van der Waals surface area contributed by atoms with Gasteiger partial charge in [-0.05, 0) is 37.1 Å². The first-order valence-electron chi connectivity index (χ1n) is 10.2. The molecular formula is C23H25N3O5. The number of carbonyl (C=O) groups is 2. The summed E-state index contributed by atoms with van der Waals surface area (Å²) in [6.07, 6.45) is 5.60. The Morgan fingerprint density at radius 2 is 1.68 bits per heavy atom. The molecule has 0 spiro atoms. The summed E-state index contributed by atoms with van der Waals surface area (Å²) in [4.78, 5) is 38.2. The van der Waals surface area contributed by atoms with Gasteiger partial charge < -0.3 is 15.0 Å². The van der Waals surface area contributed by atoms with Crippen molar-refractivity contribution in [3.63, 3.8) is 0 Å². The molecule has 0 atom stereocenters. The van der Waals surface area contributed by atoms with Gasteiger partial charge in [-0.15, -0.1) is 0 Å². The molecule has 0 bridgehead atoms. The van der Waals surface area contributed by atoms with E-state index in [9.17, 15) is 19.7 Å². The second-order valence-electron chi connectivity index (χ2n) is 7.26. The molecule has 1 N–H and O–H groups in total. The summed E-state index contributed by atoms with van der Waals surface area (Å²) in [5, 5.41) is 13.6. The van der Waals surface area contributed by atoms with E-state index in [1.165, 1.54) is 24.3 Å². The van der Waals surface area contributed by atoms with Gasteiger partial charge in [0.25, 0.3) is 17.5 Å². The van der Waals surface area contributed by atoms with Gasteiger partial charge in [-0.3, -0.25) is 19.7 Å². The number of rotatable bonds is 6. The predicted octanol–water partition coefficient (Wildman–Crippen LogP) is 3.78. The summed E-state index contributed by atoms with van der Waals surface area (Å²) in [5.74, 6) is -0.199. The Morgan fingerprint density at radius 1 is 1.03 bits per heavy atom. The molecule has 1 saturated heterocycles. The van der Waals surface area contributed by atoms with Crippen LogP contribution < -0.4 is 10.1 Å². The fraction of sp³-hybridized carbons (Fsp3) is 0.304. The summed E-state index contributed by atoms with van der Waals surface area (Å²) < 4.78 is 5.37. The van der Waals surface area contributed by atoms with Crippen LogP contribution in [0.5, 0.6) is 5.75 Å². The highest BCUT2D eigenvalue weighted by molar-refractivity contribution is 6.05. The number of nitrogens with zero attached hydrogens (tertiary/aromatic N) is 2. The van der Waals surface area contributed by atoms with Crippen LogP contribution in [-0.2, 0) is 4.79 Å². The Bertz CT molecular complexity index is 977. The van der Waals surface area contributed by atoms with Crippen LogP contribution in [0.2, 0.25) is 0 Å². The third kappa shape index (κ3) is 5.69. The number of nitro benzene ring substituents is 1. The summed E-state index contributed by atoms with van der Waals surface area (Å²) >= 11 is 0. The molecule has 0 unspecified atom stereocenters. The lowest BCUT2D eigenvalue weighted by Crippen LogP contribution is -2.39. The van der Waals surface area contributed by atoms with Crippen LogP contribution >= 0.6 is 0 Å². The highest BCUT2D eigenvalue weighted by Gasteiger charge is 2.22. The molecule has 1 fully saturated rings. The summed E-state index contributed by atoms with van der Waals surface area (Å²) in [6, 6.07) is 12.5. The molecule has 1 aliphatic heterocycles. The monoisotopic (exact) mass is 423 g/mol. The largest absolute Gasteiger partial charge is 0.496 e. The number of non-ortho nitro benzene ring substituents is 1. The molecule has 31 heavy (non-hydrogen) atoms. The topological polar surface area (TPSA) is 102 Å². The van der Waals surface area contributed by atoms with Crippen LogP contribution in [0.15, 0.2) is 54.2 Å². The standard InChI is InChI=1S/C23H25N3O5/c1-31-21-9-5-4-8-18(21)16-20(23(28)25-14-6-2-3-7-15-25)24-22(27)17-10-12-19(13-11-17)26(29)30/h4-5,8-13,16H,2-3,6-7,14-15H2,1H3,(H,24,27). The van der Waals surface area contributed by atoms with E-state index in [2.05, 4.69) is 5.32 Å². The van der Waals surface area contributed by atoms with Crippen molar-refractivity contribution in [3.8, 4) is 5.75 Å². The zero-order valence-corrected chi connectivity index (χ0v) is 17.4. The smallest absolute Gasteiger partial charge is 0.270 e. The maximum absolute atomic E-state index is 13.3. The highest BCUT2D eigenvalue weighted by atomic mass is 16.6. The number of nitro groups is 1. The van der Waals surface area contributed by atoms with Crippen molar-refractivity contribution < 1.29 is 19.2 Å². The molecule has 0 aromatic heterocycles. The van der Waals surface area contributed by atoms with E-state index < -0.39 is 10.8 Å². The third-order valence-corrected chi connectivity index (χ3v) is 5.15. The number of methoxy groups -OCH3 is 1. The Hall–Kier alpha value is -3.68. The molecule has 2 aromatic rings. The van der Waals surface area contributed by atoms with Gasteiger partial charge in [0.15, 0.2) is 0 Å². The van der Waals surface area contributed by atoms with Crippen LogP contribution in [0.1, 0.15) is 41.6 Å². The number of likely N-dealkylation sites (tertiary alicyclic amines) is 1. The van der Waals surface area contributed by atoms with Gasteiger partial charge in [-0.2, -0.15) is 0 Å². The normalized spacial score (nSPS) is 14.5. The molecule has 2 amide bonds. The van der Waals surface area contributed by atoms with Crippen molar-refractivity contribution in [1.29, 1.82) is 0 Å². The molecule has 1 heterocycles. The number of carbonyl (C=O) groups excluding carboxylic acids is 2. The van der Waals surface area contributed by atoms with Crippen LogP contribution in [-0.4, -0.2) is 41.8 Å². The Balaban J connectivity index is 1.91. The van der Waals surface area contributed by atoms with Crippen molar-refractivity contribution in [1.82, 2.24) is 10.2 Å². The molecule has 3 rings (SSSR count). The zero-order chi connectivity index (χ0) is 22.2. The molecule has 0 saturated carbocycles. The Morgan fingerprint density at radius 3 is 2.29 bits per heavy atom. The van der Waals surface area contributed by atoms with Gasteiger partial charge in [0.1, 0.15) is 11.4 Å². The number of nitrogens with one attached hydrogen (secondary N) is 1. The summed E-state index contributed by atoms with van der Waals surface area (Å²) in [7, 11) is 1.54. The van der Waals surface area contributed by atoms with E-state index in [0.717, 1.165) is 25.7 Å². The van der Waals surface area contributed by atoms with Gasteiger partial charge in [-0.25, -0.2) is 0 Å². The maximum Gasteiger partial charge on any atom is 0.270 e. The summed E-state index contributed by atoms with van der Waals surface area (Å²) in [5.41, 5.74) is 0.907. The van der Waals surface area contributed by atoms with Crippen molar-refractivity contribution in [2.45, 2.75) is 25.7 Å². The van der Waals surface area contributed by atoms with Crippen LogP contribution in [0.4, 0.5) is 5.69 Å². The van der Waals surface area contributed by atoms with Gasteiger partial charge >= 0.3 is 0 Å². The first kappa shape index (κ1) is 22.0. The van der Waals surface area contributed by atoms with Crippen molar-refractivity contribution >= 4 is 23.6 Å². The Kier molecular flexibility index (Phi) is 7.37. The van der Waals surface area contributed by atoms with Crippen LogP contribution in [0, 0.1) is 10.1 Å². The average molecular weight is 423 g/mol. The van der Waals surface area contributed by atoms with E-state index in [4.69, 9.17) is 4.74 Å². The lowest BCUT2D eigenvalue weighted by Gasteiger charge is -2.22. The first-order valence-corrected chi connectivity index (χ1v) is 10.2. The third-order valence-electron chi connectivity index (χ3n) is 5.15. The SMILES string of the molecule is COc1ccccc1C=C(NC(=O)c1ccc([N+](=O)[O-])cc1)C(=O)N1CCCCCC1. The minimum atomic E-state index is -0.530. The van der Waals surface area contributed by atoms with E-state index in [-0.39, 0.29) is 22.9 Å². The Labute approximate surface area is 180 Å². The molecule has 162 valence electrons. The number of hydrogen-bond acceptors (Lipinski definition) is 5. The minimum Gasteiger partial charge on any atom is -0.496 e. The van der Waals surface area contributed by atoms with E-state index >= 15 is 0 Å². The van der Waals surface area contributed by atoms with Crippen molar-refractivity contribution in [2.75, 3.05) is 20.2 Å². The number of para-hydroxylation sites is 1. The number of amides is 2. The van der Waals surface area contributed by atoms with Crippen LogP contribution in [0.25, 0.3) is 6.08 Å². The number of ether oxygens (including phenoxy) is 1. The van der Waals surface area contributed by atoms with E-state index in [0.29, 0.717) is 24.4 Å². The quantitative estimate of drug-likeness (QED) is 0.433. The highest BCUT2D eigenvalue weighted by Crippen LogP contribution is 2.22. The van der Waals surface area contributed by atoms with Gasteiger partial charge in [0.2, 0.25) is 0 Å². The predicted molar refractivity (Wildman–Crippen MR) is 117 cm³/mol. The minimum absolute atomic E-state index is 0.109. The number of benzene rings is 2. The molecule has 8 heteroatoms. The molecule has 0 radical (unpaired) electrons. The second kappa shape index (κ2) is 10.4. The zero-order valence-electron chi connectivity index (χ0n) is 17.4. The van der Waals surface area contributed by atoms with Gasteiger partial charge in [0, 0.05) is 36.3 Å².